The van der Waals surface area contributed by atoms with Crippen molar-refractivity contribution < 1.29 is 15.0 Å². The maximum absolute atomic E-state index is 12.5. The molecule has 5 nitrogen and oxygen atoms in total. The third kappa shape index (κ3) is 4.18. The number of nitrogens with one attached hydrogen (secondary N) is 2. The Morgan fingerprint density at radius 2 is 1.84 bits per heavy atom. The maximum Gasteiger partial charge on any atom is 0.315 e. The van der Waals surface area contributed by atoms with Crippen molar-refractivity contribution in [1.29, 1.82) is 0 Å². The molecule has 0 heterocycles. The standard InChI is InChI=1S/C20H24N2O3/c23-12-6-11-17(14-7-2-1-3-8-14)21-20(25)22-19-16-10-5-4-9-15(16)13-18(19)24/h1-5,7-10,17-19,23-24H,6,11-13H2,(H2,21,22,25)/t17?,18-,19+/m0/s1. The van der Waals surface area contributed by atoms with Crippen LogP contribution in [-0.4, -0.2) is 29.0 Å². The highest BCUT2D eigenvalue weighted by molar-refractivity contribution is 5.75. The number of fused-ring (bicyclic) bond motifs is 1. The van der Waals surface area contributed by atoms with E-state index in [0.717, 1.165) is 16.7 Å². The van der Waals surface area contributed by atoms with Gasteiger partial charge in [-0.2, -0.15) is 0 Å². The smallest absolute Gasteiger partial charge is 0.315 e. The summed E-state index contributed by atoms with van der Waals surface area (Å²) in [6.07, 6.45) is 1.19. The average molecular weight is 340 g/mol. The Labute approximate surface area is 147 Å². The number of carbonyl (C=O) groups is 1. The van der Waals surface area contributed by atoms with Gasteiger partial charge in [0.2, 0.25) is 0 Å². The summed E-state index contributed by atoms with van der Waals surface area (Å²) in [6, 6.07) is 16.6. The molecule has 0 saturated carbocycles. The van der Waals surface area contributed by atoms with Crippen LogP contribution in [-0.2, 0) is 6.42 Å². The molecule has 1 aliphatic rings. The van der Waals surface area contributed by atoms with Crippen molar-refractivity contribution in [2.75, 3.05) is 6.61 Å². The molecule has 0 saturated heterocycles. The molecule has 3 rings (SSSR count). The third-order valence-corrected chi connectivity index (χ3v) is 4.65. The van der Waals surface area contributed by atoms with Gasteiger partial charge in [0.05, 0.1) is 18.2 Å². The first-order valence-corrected chi connectivity index (χ1v) is 8.67. The van der Waals surface area contributed by atoms with Crippen molar-refractivity contribution in [3.63, 3.8) is 0 Å². The molecular weight excluding hydrogens is 316 g/mol. The van der Waals surface area contributed by atoms with E-state index >= 15 is 0 Å². The molecule has 0 aliphatic heterocycles. The van der Waals surface area contributed by atoms with Gasteiger partial charge in [0.1, 0.15) is 0 Å². The number of hydrogen-bond acceptors (Lipinski definition) is 3. The van der Waals surface area contributed by atoms with Gasteiger partial charge in [-0.1, -0.05) is 54.6 Å². The molecule has 5 heteroatoms. The van der Waals surface area contributed by atoms with Crippen molar-refractivity contribution in [1.82, 2.24) is 10.6 Å². The summed E-state index contributed by atoms with van der Waals surface area (Å²) in [6.45, 7) is 0.0847. The van der Waals surface area contributed by atoms with Crippen LogP contribution in [0.4, 0.5) is 4.79 Å². The molecule has 0 aromatic heterocycles. The predicted octanol–water partition coefficient (Wildman–Crippen LogP) is 2.46. The van der Waals surface area contributed by atoms with Gasteiger partial charge in [-0.3, -0.25) is 0 Å². The lowest BCUT2D eigenvalue weighted by Gasteiger charge is -2.23. The molecule has 1 unspecified atom stereocenters. The predicted molar refractivity (Wildman–Crippen MR) is 96.1 cm³/mol. The first-order chi connectivity index (χ1) is 12.2. The van der Waals surface area contributed by atoms with Gasteiger partial charge < -0.3 is 20.8 Å². The lowest BCUT2D eigenvalue weighted by Crippen LogP contribution is -2.42. The molecule has 2 aromatic carbocycles. The highest BCUT2D eigenvalue weighted by Gasteiger charge is 2.32. The molecule has 2 aromatic rings. The van der Waals surface area contributed by atoms with Crippen molar-refractivity contribution in [2.24, 2.45) is 0 Å². The van der Waals surface area contributed by atoms with E-state index in [1.165, 1.54) is 0 Å². The molecule has 2 amide bonds. The van der Waals surface area contributed by atoms with Gasteiger partial charge in [0.25, 0.3) is 0 Å². The summed E-state index contributed by atoms with van der Waals surface area (Å²) in [4.78, 5) is 12.5. The second-order valence-corrected chi connectivity index (χ2v) is 6.39. The number of carbonyl (C=O) groups excluding carboxylic acids is 1. The van der Waals surface area contributed by atoms with Crippen LogP contribution < -0.4 is 10.6 Å². The highest BCUT2D eigenvalue weighted by Crippen LogP contribution is 2.31. The Bertz CT molecular complexity index is 705. The first kappa shape index (κ1) is 17.5. The summed E-state index contributed by atoms with van der Waals surface area (Å²) in [7, 11) is 0. The third-order valence-electron chi connectivity index (χ3n) is 4.65. The SMILES string of the molecule is O=C(NC(CCCO)c1ccccc1)N[C@@H]1c2ccccc2C[C@@H]1O. The Morgan fingerprint density at radius 3 is 2.60 bits per heavy atom. The van der Waals surface area contributed by atoms with E-state index in [4.69, 9.17) is 5.11 Å². The van der Waals surface area contributed by atoms with Crippen LogP contribution in [0.2, 0.25) is 0 Å². The minimum Gasteiger partial charge on any atom is -0.396 e. The van der Waals surface area contributed by atoms with Crippen LogP contribution in [0.25, 0.3) is 0 Å². The topological polar surface area (TPSA) is 81.6 Å². The molecule has 132 valence electrons. The van der Waals surface area contributed by atoms with Crippen LogP contribution in [0.5, 0.6) is 0 Å². The van der Waals surface area contributed by atoms with Crippen molar-refractivity contribution >= 4 is 6.03 Å². The fourth-order valence-corrected chi connectivity index (χ4v) is 3.39. The number of hydrogen-bond donors (Lipinski definition) is 4. The van der Waals surface area contributed by atoms with E-state index in [2.05, 4.69) is 10.6 Å². The largest absolute Gasteiger partial charge is 0.396 e. The number of amides is 2. The molecule has 3 atom stereocenters. The van der Waals surface area contributed by atoms with Gasteiger partial charge in [0.15, 0.2) is 0 Å². The molecule has 1 aliphatic carbocycles. The summed E-state index contributed by atoms with van der Waals surface area (Å²) < 4.78 is 0. The average Bonchev–Trinajstić information content (AvgIpc) is 2.95. The van der Waals surface area contributed by atoms with E-state index in [9.17, 15) is 9.90 Å². The van der Waals surface area contributed by atoms with Crippen LogP contribution in [0.3, 0.4) is 0 Å². The van der Waals surface area contributed by atoms with Gasteiger partial charge in [-0.25, -0.2) is 4.79 Å². The lowest BCUT2D eigenvalue weighted by molar-refractivity contribution is 0.141. The second-order valence-electron chi connectivity index (χ2n) is 6.39. The zero-order chi connectivity index (χ0) is 17.6. The molecule has 0 radical (unpaired) electrons. The molecule has 0 fully saturated rings. The summed E-state index contributed by atoms with van der Waals surface area (Å²) in [5.41, 5.74) is 3.04. The van der Waals surface area contributed by atoms with E-state index in [0.29, 0.717) is 19.3 Å². The van der Waals surface area contributed by atoms with E-state index in [1.54, 1.807) is 0 Å². The van der Waals surface area contributed by atoms with E-state index < -0.39 is 12.1 Å². The van der Waals surface area contributed by atoms with Crippen molar-refractivity contribution in [3.8, 4) is 0 Å². The Morgan fingerprint density at radius 1 is 1.12 bits per heavy atom. The lowest BCUT2D eigenvalue weighted by atomic mass is 10.0. The fraction of sp³-hybridized carbons (Fsp3) is 0.350. The van der Waals surface area contributed by atoms with Crippen molar-refractivity contribution in [3.05, 3.63) is 71.3 Å². The number of benzene rings is 2. The van der Waals surface area contributed by atoms with E-state index in [1.807, 2.05) is 54.6 Å². The fourth-order valence-electron chi connectivity index (χ4n) is 3.39. The molecule has 0 bridgehead atoms. The van der Waals surface area contributed by atoms with Crippen molar-refractivity contribution in [2.45, 2.75) is 37.5 Å². The zero-order valence-corrected chi connectivity index (χ0v) is 14.1. The number of aliphatic hydroxyl groups is 2. The molecule has 4 N–H and O–H groups in total. The normalized spacial score (nSPS) is 19.9. The summed E-state index contributed by atoms with van der Waals surface area (Å²) >= 11 is 0. The molecular formula is C20H24N2O3. The minimum absolute atomic E-state index is 0.0847. The van der Waals surface area contributed by atoms with Crippen LogP contribution in [0, 0.1) is 0 Å². The molecule has 0 spiro atoms. The Hall–Kier alpha value is -2.37. The summed E-state index contributed by atoms with van der Waals surface area (Å²) in [5.74, 6) is 0. The minimum atomic E-state index is -0.615. The number of aliphatic hydroxyl groups excluding tert-OH is 2. The number of rotatable bonds is 6. The maximum atomic E-state index is 12.5. The van der Waals surface area contributed by atoms with Crippen LogP contribution in [0.1, 0.15) is 41.6 Å². The monoisotopic (exact) mass is 340 g/mol. The number of urea groups is 1. The summed E-state index contributed by atoms with van der Waals surface area (Å²) in [5, 5.41) is 25.3. The van der Waals surface area contributed by atoms with E-state index in [-0.39, 0.29) is 18.7 Å². The van der Waals surface area contributed by atoms with Gasteiger partial charge in [-0.15, -0.1) is 0 Å². The Kier molecular flexibility index (Phi) is 5.68. The van der Waals surface area contributed by atoms with Gasteiger partial charge >= 0.3 is 6.03 Å². The zero-order valence-electron chi connectivity index (χ0n) is 14.1. The van der Waals surface area contributed by atoms with Gasteiger partial charge in [0, 0.05) is 13.0 Å². The van der Waals surface area contributed by atoms with Crippen LogP contribution in [0.15, 0.2) is 54.6 Å². The Balaban J connectivity index is 1.68. The quantitative estimate of drug-likeness (QED) is 0.652. The van der Waals surface area contributed by atoms with Gasteiger partial charge in [-0.05, 0) is 29.5 Å². The molecule has 25 heavy (non-hydrogen) atoms. The highest BCUT2D eigenvalue weighted by atomic mass is 16.3. The first-order valence-electron chi connectivity index (χ1n) is 8.67. The second kappa shape index (κ2) is 8.14. The van der Waals surface area contributed by atoms with Crippen LogP contribution >= 0.6 is 0 Å².